The third-order valence-corrected chi connectivity index (χ3v) is 4.45. The highest BCUT2D eigenvalue weighted by molar-refractivity contribution is 6.30. The molecule has 1 heterocycles. The van der Waals surface area contributed by atoms with Crippen LogP contribution in [0.25, 0.3) is 10.9 Å². The van der Waals surface area contributed by atoms with Crippen LogP contribution in [0.4, 0.5) is 0 Å². The summed E-state index contributed by atoms with van der Waals surface area (Å²) in [6.07, 6.45) is 4.71. The Bertz CT molecular complexity index is 804. The second kappa shape index (κ2) is 5.69. The van der Waals surface area contributed by atoms with E-state index in [4.69, 9.17) is 16.3 Å². The maximum atomic E-state index is 6.19. The molecule has 1 aromatic heterocycles. The number of halogens is 1. The van der Waals surface area contributed by atoms with Crippen LogP contribution in [-0.4, -0.2) is 11.2 Å². The van der Waals surface area contributed by atoms with E-state index in [1.807, 2.05) is 18.2 Å². The van der Waals surface area contributed by atoms with Crippen LogP contribution in [-0.2, 0) is 6.54 Å². The summed E-state index contributed by atoms with van der Waals surface area (Å²) in [6, 6.07) is 16.5. The zero-order valence-electron chi connectivity index (χ0n) is 12.3. The van der Waals surface area contributed by atoms with E-state index in [-0.39, 0.29) is 0 Å². The molecule has 1 aliphatic carbocycles. The average molecular weight is 312 g/mol. The number of nitrogens with zero attached hydrogens (tertiary/aromatic N) is 1. The highest BCUT2D eigenvalue weighted by Crippen LogP contribution is 2.31. The molecule has 0 spiro atoms. The molecule has 4 rings (SSSR count). The highest BCUT2D eigenvalue weighted by Gasteiger charge is 2.22. The van der Waals surface area contributed by atoms with E-state index < -0.39 is 0 Å². The van der Waals surface area contributed by atoms with Gasteiger partial charge in [0.15, 0.2) is 0 Å². The lowest BCUT2D eigenvalue weighted by molar-refractivity contribution is 0.296. The third kappa shape index (κ3) is 2.84. The number of benzene rings is 2. The fourth-order valence-corrected chi connectivity index (χ4v) is 2.96. The lowest BCUT2D eigenvalue weighted by atomic mass is 10.2. The monoisotopic (exact) mass is 311 g/mol. The summed E-state index contributed by atoms with van der Waals surface area (Å²) < 4.78 is 8.25. The fourth-order valence-electron chi connectivity index (χ4n) is 2.77. The smallest absolute Gasteiger partial charge is 0.124 e. The minimum Gasteiger partial charge on any atom is -0.493 e. The van der Waals surface area contributed by atoms with Gasteiger partial charge in [0.05, 0.1) is 13.2 Å². The van der Waals surface area contributed by atoms with Crippen molar-refractivity contribution in [1.29, 1.82) is 0 Å². The fraction of sp³-hybridized carbons (Fsp3) is 0.263. The maximum absolute atomic E-state index is 6.19. The van der Waals surface area contributed by atoms with Crippen molar-refractivity contribution in [3.63, 3.8) is 0 Å². The summed E-state index contributed by atoms with van der Waals surface area (Å²) in [5.41, 5.74) is 2.37. The van der Waals surface area contributed by atoms with Crippen LogP contribution in [0.3, 0.4) is 0 Å². The molecule has 2 aromatic carbocycles. The van der Waals surface area contributed by atoms with Gasteiger partial charge in [-0.2, -0.15) is 0 Å². The van der Waals surface area contributed by atoms with Crippen LogP contribution in [0, 0.1) is 5.92 Å². The summed E-state index contributed by atoms with van der Waals surface area (Å²) in [4.78, 5) is 0. The maximum Gasteiger partial charge on any atom is 0.124 e. The van der Waals surface area contributed by atoms with Gasteiger partial charge in [0.25, 0.3) is 0 Å². The summed E-state index contributed by atoms with van der Waals surface area (Å²) in [7, 11) is 0. The molecule has 1 fully saturated rings. The Hall–Kier alpha value is -1.93. The molecule has 0 unspecified atom stereocenters. The summed E-state index contributed by atoms with van der Waals surface area (Å²) >= 11 is 6.19. The van der Waals surface area contributed by atoms with Crippen LogP contribution >= 0.6 is 11.6 Å². The molecule has 0 amide bonds. The molecule has 2 nitrogen and oxygen atoms in total. The molecule has 0 radical (unpaired) electrons. The molecule has 1 saturated carbocycles. The predicted molar refractivity (Wildman–Crippen MR) is 90.7 cm³/mol. The number of rotatable bonds is 5. The van der Waals surface area contributed by atoms with Crippen LogP contribution in [0.15, 0.2) is 54.7 Å². The second-order valence-electron chi connectivity index (χ2n) is 6.01. The summed E-state index contributed by atoms with van der Waals surface area (Å²) in [5, 5.41) is 2.01. The van der Waals surface area contributed by atoms with E-state index in [1.165, 1.54) is 23.7 Å². The van der Waals surface area contributed by atoms with Gasteiger partial charge in [-0.3, -0.25) is 0 Å². The first-order valence-corrected chi connectivity index (χ1v) is 8.12. The van der Waals surface area contributed by atoms with E-state index in [9.17, 15) is 0 Å². The number of hydrogen-bond donors (Lipinski definition) is 0. The van der Waals surface area contributed by atoms with Gasteiger partial charge in [-0.15, -0.1) is 0 Å². The lowest BCUT2D eigenvalue weighted by Crippen LogP contribution is -2.05. The van der Waals surface area contributed by atoms with Crippen molar-refractivity contribution in [2.24, 2.45) is 5.92 Å². The Morgan fingerprint density at radius 2 is 1.95 bits per heavy atom. The molecular weight excluding hydrogens is 294 g/mol. The van der Waals surface area contributed by atoms with E-state index in [1.54, 1.807) is 0 Å². The Balaban J connectivity index is 1.64. The van der Waals surface area contributed by atoms with Gasteiger partial charge in [-0.1, -0.05) is 29.8 Å². The largest absolute Gasteiger partial charge is 0.493 e. The minimum atomic E-state index is 0.746. The van der Waals surface area contributed by atoms with Crippen molar-refractivity contribution in [3.05, 3.63) is 65.3 Å². The van der Waals surface area contributed by atoms with Gasteiger partial charge >= 0.3 is 0 Å². The Morgan fingerprint density at radius 3 is 2.82 bits per heavy atom. The van der Waals surface area contributed by atoms with Gasteiger partial charge in [-0.05, 0) is 54.5 Å². The first-order valence-electron chi connectivity index (χ1n) is 7.75. The molecule has 0 N–H and O–H groups in total. The van der Waals surface area contributed by atoms with E-state index >= 15 is 0 Å². The van der Waals surface area contributed by atoms with Crippen LogP contribution in [0.2, 0.25) is 5.02 Å². The number of para-hydroxylation sites is 1. The molecule has 0 aliphatic heterocycles. The highest BCUT2D eigenvalue weighted by atomic mass is 35.5. The quantitative estimate of drug-likeness (QED) is 0.637. The topological polar surface area (TPSA) is 14.2 Å². The van der Waals surface area contributed by atoms with Gasteiger partial charge in [-0.25, -0.2) is 0 Å². The van der Waals surface area contributed by atoms with Gasteiger partial charge in [0, 0.05) is 22.3 Å². The van der Waals surface area contributed by atoms with Crippen molar-refractivity contribution in [2.75, 3.05) is 6.61 Å². The molecule has 0 saturated heterocycles. The van der Waals surface area contributed by atoms with E-state index in [2.05, 4.69) is 41.1 Å². The number of fused-ring (bicyclic) bond motifs is 1. The molecule has 112 valence electrons. The van der Waals surface area contributed by atoms with Gasteiger partial charge in [0.2, 0.25) is 0 Å². The molecule has 0 atom stereocenters. The zero-order chi connectivity index (χ0) is 14.9. The Kier molecular flexibility index (Phi) is 3.55. The summed E-state index contributed by atoms with van der Waals surface area (Å²) in [5.74, 6) is 1.70. The molecule has 22 heavy (non-hydrogen) atoms. The van der Waals surface area contributed by atoms with Crippen LogP contribution < -0.4 is 4.74 Å². The molecule has 3 heteroatoms. The normalized spacial score (nSPS) is 14.4. The zero-order valence-corrected chi connectivity index (χ0v) is 13.1. The lowest BCUT2D eigenvalue weighted by Gasteiger charge is -2.13. The molecule has 3 aromatic rings. The molecule has 1 aliphatic rings. The predicted octanol–water partition coefficient (Wildman–Crippen LogP) is 5.13. The molecule has 0 bridgehead atoms. The van der Waals surface area contributed by atoms with Crippen molar-refractivity contribution in [3.8, 4) is 5.75 Å². The number of ether oxygens (including phenoxy) is 1. The van der Waals surface area contributed by atoms with Gasteiger partial charge < -0.3 is 9.30 Å². The SMILES string of the molecule is Clc1ccc(OCC2CC2)c(Cn2ccc3ccccc32)c1. The minimum absolute atomic E-state index is 0.746. The number of hydrogen-bond acceptors (Lipinski definition) is 1. The van der Waals surface area contributed by atoms with Crippen molar-refractivity contribution in [2.45, 2.75) is 19.4 Å². The Labute approximate surface area is 135 Å². The van der Waals surface area contributed by atoms with Crippen LogP contribution in [0.1, 0.15) is 18.4 Å². The number of aromatic nitrogens is 1. The van der Waals surface area contributed by atoms with E-state index in [0.717, 1.165) is 35.4 Å². The second-order valence-corrected chi connectivity index (χ2v) is 6.45. The third-order valence-electron chi connectivity index (χ3n) is 4.21. The van der Waals surface area contributed by atoms with Crippen molar-refractivity contribution in [1.82, 2.24) is 4.57 Å². The van der Waals surface area contributed by atoms with Crippen LogP contribution in [0.5, 0.6) is 5.75 Å². The standard InChI is InChI=1S/C19H18ClNO/c20-17-7-8-19(22-13-14-5-6-14)16(11-17)12-21-10-9-15-3-1-2-4-18(15)21/h1-4,7-11,14H,5-6,12-13H2. The van der Waals surface area contributed by atoms with Crippen molar-refractivity contribution >= 4 is 22.5 Å². The van der Waals surface area contributed by atoms with Gasteiger partial charge in [0.1, 0.15) is 5.75 Å². The van der Waals surface area contributed by atoms with Crippen molar-refractivity contribution < 1.29 is 4.74 Å². The average Bonchev–Trinajstić information content (AvgIpc) is 3.28. The molecular formula is C19H18ClNO. The first-order chi connectivity index (χ1) is 10.8. The Morgan fingerprint density at radius 1 is 1.09 bits per heavy atom. The first kappa shape index (κ1) is 13.7. The van der Waals surface area contributed by atoms with E-state index in [0.29, 0.717) is 0 Å². The summed E-state index contributed by atoms with van der Waals surface area (Å²) in [6.45, 7) is 1.59.